The molecule has 1 N–H and O–H groups in total. The molecule has 68 valence electrons. The summed E-state index contributed by atoms with van der Waals surface area (Å²) in [6.07, 6.45) is 0. The zero-order valence-corrected chi connectivity index (χ0v) is 6.99. The summed E-state index contributed by atoms with van der Waals surface area (Å²) < 4.78 is 0. The Morgan fingerprint density at radius 2 is 2.15 bits per heavy atom. The molecule has 0 aliphatic heterocycles. The molecule has 1 aromatic rings. The van der Waals surface area contributed by atoms with Crippen molar-refractivity contribution in [1.29, 1.82) is 0 Å². The third-order valence-corrected chi connectivity index (χ3v) is 1.60. The number of carbonyl (C=O) groups excluding carboxylic acids is 1. The molecule has 6 heteroatoms. The van der Waals surface area contributed by atoms with Crippen molar-refractivity contribution >= 4 is 22.5 Å². The monoisotopic (exact) mass is 201 g/mol. The van der Waals surface area contributed by atoms with Crippen LogP contribution in [0.15, 0.2) is 18.2 Å². The number of nitrogens with zero attached hydrogens (tertiary/aromatic N) is 1. The molecule has 0 fully saturated rings. The van der Waals surface area contributed by atoms with Crippen LogP contribution < -0.4 is 0 Å². The van der Waals surface area contributed by atoms with Gasteiger partial charge in [-0.15, -0.1) is 0 Å². The molecule has 0 aromatic heterocycles. The molecule has 0 saturated carbocycles. The number of benzene rings is 1. The molecule has 0 radical (unpaired) electrons. The summed E-state index contributed by atoms with van der Waals surface area (Å²) in [6, 6.07) is 3.51. The largest absolute Gasteiger partial charge is 0.507 e. The fourth-order valence-electron chi connectivity index (χ4n) is 0.882. The van der Waals surface area contributed by atoms with Crippen molar-refractivity contribution in [2.45, 2.75) is 0 Å². The highest BCUT2D eigenvalue weighted by Gasteiger charge is 2.22. The number of rotatable bonds is 2. The van der Waals surface area contributed by atoms with E-state index >= 15 is 0 Å². The highest BCUT2D eigenvalue weighted by molar-refractivity contribution is 6.68. The lowest BCUT2D eigenvalue weighted by atomic mass is 10.2. The minimum absolute atomic E-state index is 0.478. The van der Waals surface area contributed by atoms with Crippen LogP contribution in [0.1, 0.15) is 10.4 Å². The SMILES string of the molecule is O=C(Cl)c1c(O)cccc1[N+](=O)[O-]. The van der Waals surface area contributed by atoms with Gasteiger partial charge in [0, 0.05) is 6.07 Å². The maximum absolute atomic E-state index is 10.7. The number of halogens is 1. The van der Waals surface area contributed by atoms with E-state index in [0.717, 1.165) is 12.1 Å². The van der Waals surface area contributed by atoms with Gasteiger partial charge in [0.25, 0.3) is 10.9 Å². The molecule has 0 spiro atoms. The smallest absolute Gasteiger partial charge is 0.285 e. The highest BCUT2D eigenvalue weighted by Crippen LogP contribution is 2.28. The van der Waals surface area contributed by atoms with Gasteiger partial charge in [-0.2, -0.15) is 0 Å². The lowest BCUT2D eigenvalue weighted by Gasteiger charge is -1.99. The van der Waals surface area contributed by atoms with E-state index in [2.05, 4.69) is 0 Å². The van der Waals surface area contributed by atoms with Gasteiger partial charge < -0.3 is 5.11 Å². The van der Waals surface area contributed by atoms with Crippen molar-refractivity contribution in [3.63, 3.8) is 0 Å². The van der Waals surface area contributed by atoms with E-state index in [1.165, 1.54) is 6.07 Å². The Balaban J connectivity index is 3.43. The number of aromatic hydroxyl groups is 1. The molecule has 1 rings (SSSR count). The van der Waals surface area contributed by atoms with Gasteiger partial charge in [0.2, 0.25) is 0 Å². The normalized spacial score (nSPS) is 9.62. The minimum atomic E-state index is -1.05. The first-order valence-electron chi connectivity index (χ1n) is 3.20. The zero-order chi connectivity index (χ0) is 10.0. The van der Waals surface area contributed by atoms with E-state index in [9.17, 15) is 14.9 Å². The Morgan fingerprint density at radius 3 is 2.54 bits per heavy atom. The summed E-state index contributed by atoms with van der Waals surface area (Å²) in [6.45, 7) is 0. The second-order valence-corrected chi connectivity index (χ2v) is 2.55. The minimum Gasteiger partial charge on any atom is -0.507 e. The van der Waals surface area contributed by atoms with Crippen LogP contribution in [0.2, 0.25) is 0 Å². The molecule has 0 atom stereocenters. The van der Waals surface area contributed by atoms with Crippen molar-refractivity contribution in [2.75, 3.05) is 0 Å². The van der Waals surface area contributed by atoms with Crippen LogP contribution in [-0.2, 0) is 0 Å². The molecular formula is C7H4ClNO4. The number of hydrogen-bond donors (Lipinski definition) is 1. The van der Waals surface area contributed by atoms with Gasteiger partial charge in [-0.1, -0.05) is 6.07 Å². The maximum Gasteiger partial charge on any atom is 0.285 e. The van der Waals surface area contributed by atoms with E-state index in [-0.39, 0.29) is 0 Å². The van der Waals surface area contributed by atoms with Crippen molar-refractivity contribution in [1.82, 2.24) is 0 Å². The van der Waals surface area contributed by atoms with Gasteiger partial charge in [-0.05, 0) is 17.7 Å². The first-order valence-corrected chi connectivity index (χ1v) is 3.58. The third kappa shape index (κ3) is 1.75. The van der Waals surface area contributed by atoms with E-state index in [4.69, 9.17) is 16.7 Å². The fraction of sp³-hybridized carbons (Fsp3) is 0. The third-order valence-electron chi connectivity index (χ3n) is 1.41. The molecule has 0 aliphatic carbocycles. The molecule has 1 aromatic carbocycles. The zero-order valence-electron chi connectivity index (χ0n) is 6.23. The second-order valence-electron chi connectivity index (χ2n) is 2.20. The van der Waals surface area contributed by atoms with Crippen molar-refractivity contribution in [3.8, 4) is 5.75 Å². The van der Waals surface area contributed by atoms with Gasteiger partial charge >= 0.3 is 0 Å². The van der Waals surface area contributed by atoms with Gasteiger partial charge in [0.05, 0.1) is 4.92 Å². The van der Waals surface area contributed by atoms with E-state index in [1.807, 2.05) is 0 Å². The first-order chi connectivity index (χ1) is 6.04. The van der Waals surface area contributed by atoms with Gasteiger partial charge in [-0.3, -0.25) is 14.9 Å². The molecule has 0 unspecified atom stereocenters. The predicted octanol–water partition coefficient (Wildman–Crippen LogP) is 1.68. The molecule has 5 nitrogen and oxygen atoms in total. The number of nitro groups is 1. The molecule has 0 bridgehead atoms. The second kappa shape index (κ2) is 3.40. The van der Waals surface area contributed by atoms with Gasteiger partial charge in [0.1, 0.15) is 5.75 Å². The Bertz CT molecular complexity index is 377. The lowest BCUT2D eigenvalue weighted by Crippen LogP contribution is -1.98. The fourth-order valence-corrected chi connectivity index (χ4v) is 1.08. The number of carbonyl (C=O) groups is 1. The molecule has 0 amide bonds. The van der Waals surface area contributed by atoms with E-state index in [1.54, 1.807) is 0 Å². The summed E-state index contributed by atoms with van der Waals surface area (Å²) in [4.78, 5) is 20.3. The maximum atomic E-state index is 10.7. The van der Waals surface area contributed by atoms with Crippen LogP contribution in [-0.4, -0.2) is 15.3 Å². The number of hydrogen-bond acceptors (Lipinski definition) is 4. The van der Waals surface area contributed by atoms with Gasteiger partial charge in [0.15, 0.2) is 5.56 Å². The van der Waals surface area contributed by atoms with Crippen molar-refractivity contribution < 1.29 is 14.8 Å². The first kappa shape index (κ1) is 9.47. The average molecular weight is 202 g/mol. The van der Waals surface area contributed by atoms with Gasteiger partial charge in [-0.25, -0.2) is 0 Å². The quantitative estimate of drug-likeness (QED) is 0.448. The Kier molecular flexibility index (Phi) is 2.48. The molecule has 0 saturated heterocycles. The van der Waals surface area contributed by atoms with Crippen LogP contribution in [0.25, 0.3) is 0 Å². The Labute approximate surface area is 77.7 Å². The summed E-state index contributed by atoms with van der Waals surface area (Å²) in [7, 11) is 0. The summed E-state index contributed by atoms with van der Waals surface area (Å²) in [5, 5.41) is 18.4. The molecular weight excluding hydrogens is 198 g/mol. The number of phenolic OH excluding ortho intramolecular Hbond substituents is 1. The molecule has 0 aliphatic rings. The van der Waals surface area contributed by atoms with E-state index < -0.39 is 27.2 Å². The summed E-state index contributed by atoms with van der Waals surface area (Å²) in [5.74, 6) is -0.491. The van der Waals surface area contributed by atoms with Crippen LogP contribution in [0.3, 0.4) is 0 Å². The lowest BCUT2D eigenvalue weighted by molar-refractivity contribution is -0.385. The Hall–Kier alpha value is -1.62. The van der Waals surface area contributed by atoms with Crippen LogP contribution >= 0.6 is 11.6 Å². The van der Waals surface area contributed by atoms with Crippen LogP contribution in [0.4, 0.5) is 5.69 Å². The average Bonchev–Trinajstić information content (AvgIpc) is 2.02. The van der Waals surface area contributed by atoms with Crippen LogP contribution in [0, 0.1) is 10.1 Å². The number of nitro benzene ring substituents is 1. The standard InChI is InChI=1S/C7H4ClNO4/c8-7(11)6-4(9(12)13)2-1-3-5(6)10/h1-3,10H. The Morgan fingerprint density at radius 1 is 1.54 bits per heavy atom. The van der Waals surface area contributed by atoms with E-state index in [0.29, 0.717) is 0 Å². The highest BCUT2D eigenvalue weighted by atomic mass is 35.5. The predicted molar refractivity (Wildman–Crippen MR) is 44.9 cm³/mol. The molecule has 0 heterocycles. The topological polar surface area (TPSA) is 80.4 Å². The van der Waals surface area contributed by atoms with Crippen molar-refractivity contribution in [2.24, 2.45) is 0 Å². The summed E-state index contributed by atoms with van der Waals surface area (Å²) >= 11 is 5.05. The summed E-state index contributed by atoms with van der Waals surface area (Å²) in [5.41, 5.74) is -0.978. The number of phenols is 1. The van der Waals surface area contributed by atoms with Crippen molar-refractivity contribution in [3.05, 3.63) is 33.9 Å². The molecule has 13 heavy (non-hydrogen) atoms. The van der Waals surface area contributed by atoms with Crippen LogP contribution in [0.5, 0.6) is 5.75 Å².